The van der Waals surface area contributed by atoms with Gasteiger partial charge in [-0.15, -0.1) is 11.8 Å². The van der Waals surface area contributed by atoms with E-state index in [2.05, 4.69) is 39.9 Å². The Labute approximate surface area is 173 Å². The Hall–Kier alpha value is -1.99. The average molecular weight is 420 g/mol. The van der Waals surface area contributed by atoms with E-state index in [9.17, 15) is 8.42 Å². The van der Waals surface area contributed by atoms with Gasteiger partial charge in [-0.3, -0.25) is 0 Å². The Balaban J connectivity index is 1.85. The highest BCUT2D eigenvalue weighted by Crippen LogP contribution is 2.18. The van der Waals surface area contributed by atoms with Crippen molar-refractivity contribution in [3.8, 4) is 0 Å². The lowest BCUT2D eigenvalue weighted by atomic mass is 10.1. The highest BCUT2D eigenvalue weighted by atomic mass is 32.2. The number of thioether (sulfide) groups is 1. The van der Waals surface area contributed by atoms with Gasteiger partial charge < -0.3 is 10.6 Å². The first-order valence-electron chi connectivity index (χ1n) is 9.39. The van der Waals surface area contributed by atoms with Crippen molar-refractivity contribution in [1.29, 1.82) is 0 Å². The zero-order valence-corrected chi connectivity index (χ0v) is 18.4. The van der Waals surface area contributed by atoms with E-state index in [4.69, 9.17) is 0 Å². The van der Waals surface area contributed by atoms with Crippen LogP contribution in [0.3, 0.4) is 0 Å². The standard InChI is InChI=1S/C21H29N3O2S2/c1-4-22-21(23-13-8-14-27-19-9-6-5-7-10-19)24-16-18-11-12-20(17(2)15-18)28(3,25)26/h5-7,9-12,15H,4,8,13-14,16H2,1-3H3,(H2,22,23,24). The molecule has 7 heteroatoms. The van der Waals surface area contributed by atoms with Gasteiger partial charge in [0.15, 0.2) is 15.8 Å². The number of guanidine groups is 1. The maximum Gasteiger partial charge on any atom is 0.191 e. The van der Waals surface area contributed by atoms with Crippen molar-refractivity contribution in [2.75, 3.05) is 25.1 Å². The van der Waals surface area contributed by atoms with Gasteiger partial charge in [0.1, 0.15) is 0 Å². The summed E-state index contributed by atoms with van der Waals surface area (Å²) in [5.41, 5.74) is 1.74. The van der Waals surface area contributed by atoms with Crippen molar-refractivity contribution < 1.29 is 8.42 Å². The topological polar surface area (TPSA) is 70.6 Å². The minimum absolute atomic E-state index is 0.376. The SMILES string of the molecule is CCNC(=NCc1ccc(S(C)(=O)=O)c(C)c1)NCCCSc1ccccc1. The van der Waals surface area contributed by atoms with Gasteiger partial charge in [-0.05, 0) is 55.3 Å². The van der Waals surface area contributed by atoms with E-state index in [1.807, 2.05) is 43.8 Å². The highest BCUT2D eigenvalue weighted by molar-refractivity contribution is 7.99. The molecule has 2 aromatic carbocycles. The average Bonchev–Trinajstić information content (AvgIpc) is 2.65. The van der Waals surface area contributed by atoms with Crippen LogP contribution in [0.25, 0.3) is 0 Å². The van der Waals surface area contributed by atoms with Crippen LogP contribution in [0.5, 0.6) is 0 Å². The van der Waals surface area contributed by atoms with E-state index >= 15 is 0 Å². The molecule has 0 fully saturated rings. The summed E-state index contributed by atoms with van der Waals surface area (Å²) in [6.07, 6.45) is 2.27. The van der Waals surface area contributed by atoms with Gasteiger partial charge in [0.2, 0.25) is 0 Å². The van der Waals surface area contributed by atoms with E-state index < -0.39 is 9.84 Å². The zero-order chi connectivity index (χ0) is 20.4. The number of sulfone groups is 1. The fraction of sp³-hybridized carbons (Fsp3) is 0.381. The molecule has 0 aliphatic rings. The Morgan fingerprint density at radius 3 is 2.50 bits per heavy atom. The summed E-state index contributed by atoms with van der Waals surface area (Å²) in [6, 6.07) is 15.8. The summed E-state index contributed by atoms with van der Waals surface area (Å²) < 4.78 is 23.5. The number of nitrogens with zero attached hydrogens (tertiary/aromatic N) is 1. The summed E-state index contributed by atoms with van der Waals surface area (Å²) in [5, 5.41) is 6.61. The molecule has 152 valence electrons. The number of hydrogen-bond donors (Lipinski definition) is 2. The monoisotopic (exact) mass is 419 g/mol. The smallest absolute Gasteiger partial charge is 0.191 e. The maximum absolute atomic E-state index is 11.7. The van der Waals surface area contributed by atoms with E-state index in [1.54, 1.807) is 6.07 Å². The molecule has 0 aliphatic carbocycles. The molecule has 0 aromatic heterocycles. The third-order valence-corrected chi connectivity index (χ3v) is 6.38. The van der Waals surface area contributed by atoms with E-state index in [-0.39, 0.29) is 0 Å². The molecule has 2 N–H and O–H groups in total. The lowest BCUT2D eigenvalue weighted by Gasteiger charge is -2.12. The summed E-state index contributed by atoms with van der Waals surface area (Å²) in [7, 11) is -3.19. The summed E-state index contributed by atoms with van der Waals surface area (Å²) in [5.74, 6) is 1.82. The van der Waals surface area contributed by atoms with Crippen molar-refractivity contribution in [1.82, 2.24) is 10.6 Å². The van der Waals surface area contributed by atoms with Crippen LogP contribution >= 0.6 is 11.8 Å². The van der Waals surface area contributed by atoms with E-state index in [1.165, 1.54) is 11.2 Å². The third kappa shape index (κ3) is 7.56. The minimum atomic E-state index is -3.19. The fourth-order valence-electron chi connectivity index (χ4n) is 2.72. The van der Waals surface area contributed by atoms with Crippen LogP contribution < -0.4 is 10.6 Å². The van der Waals surface area contributed by atoms with Crippen LogP contribution in [0, 0.1) is 6.92 Å². The molecule has 0 aliphatic heterocycles. The fourth-order valence-corrected chi connectivity index (χ4v) is 4.56. The first kappa shape index (κ1) is 22.3. The maximum atomic E-state index is 11.7. The van der Waals surface area contributed by atoms with Crippen LogP contribution in [-0.4, -0.2) is 39.5 Å². The quantitative estimate of drug-likeness (QED) is 0.281. The summed E-state index contributed by atoms with van der Waals surface area (Å²) >= 11 is 1.85. The molecule has 0 saturated carbocycles. The first-order chi connectivity index (χ1) is 13.4. The first-order valence-corrected chi connectivity index (χ1v) is 12.3. The Kier molecular flexibility index (Phi) is 8.86. The zero-order valence-electron chi connectivity index (χ0n) is 16.7. The molecule has 2 aromatic rings. The lowest BCUT2D eigenvalue weighted by molar-refractivity contribution is 0.601. The van der Waals surface area contributed by atoms with Crippen molar-refractivity contribution in [3.05, 3.63) is 59.7 Å². The summed E-state index contributed by atoms with van der Waals surface area (Å²) in [4.78, 5) is 6.27. The molecule has 0 spiro atoms. The molecule has 28 heavy (non-hydrogen) atoms. The second-order valence-electron chi connectivity index (χ2n) is 6.51. The molecular weight excluding hydrogens is 390 g/mol. The largest absolute Gasteiger partial charge is 0.357 e. The van der Waals surface area contributed by atoms with Gasteiger partial charge in [0.05, 0.1) is 11.4 Å². The van der Waals surface area contributed by atoms with Crippen molar-refractivity contribution in [2.45, 2.75) is 36.6 Å². The molecule has 0 bridgehead atoms. The Morgan fingerprint density at radius 2 is 1.86 bits per heavy atom. The third-order valence-electron chi connectivity index (χ3n) is 4.03. The van der Waals surface area contributed by atoms with Gasteiger partial charge in [-0.25, -0.2) is 13.4 Å². The lowest BCUT2D eigenvalue weighted by Crippen LogP contribution is -2.37. The molecule has 0 saturated heterocycles. The molecule has 0 amide bonds. The molecule has 2 rings (SSSR count). The second-order valence-corrected chi connectivity index (χ2v) is 9.66. The predicted octanol–water partition coefficient (Wildman–Crippen LogP) is 3.64. The number of nitrogens with one attached hydrogen (secondary N) is 2. The second kappa shape index (κ2) is 11.1. The van der Waals surface area contributed by atoms with Crippen LogP contribution in [-0.2, 0) is 16.4 Å². The molecule has 0 heterocycles. The summed E-state index contributed by atoms with van der Waals surface area (Å²) in [6.45, 7) is 5.98. The number of rotatable bonds is 9. The Bertz CT molecular complexity index is 882. The Morgan fingerprint density at radius 1 is 1.11 bits per heavy atom. The van der Waals surface area contributed by atoms with Crippen molar-refractivity contribution in [2.24, 2.45) is 4.99 Å². The predicted molar refractivity (Wildman–Crippen MR) is 119 cm³/mol. The van der Waals surface area contributed by atoms with Crippen LogP contribution in [0.15, 0.2) is 63.3 Å². The van der Waals surface area contributed by atoms with Gasteiger partial charge in [0.25, 0.3) is 0 Å². The number of benzene rings is 2. The van der Waals surface area contributed by atoms with Crippen LogP contribution in [0.2, 0.25) is 0 Å². The minimum Gasteiger partial charge on any atom is -0.357 e. The molecule has 0 atom stereocenters. The van der Waals surface area contributed by atoms with Gasteiger partial charge in [-0.2, -0.15) is 0 Å². The normalized spacial score (nSPS) is 12.0. The highest BCUT2D eigenvalue weighted by Gasteiger charge is 2.10. The van der Waals surface area contributed by atoms with Gasteiger partial charge >= 0.3 is 0 Å². The molecule has 0 radical (unpaired) electrons. The molecular formula is C21H29N3O2S2. The number of hydrogen-bond acceptors (Lipinski definition) is 4. The molecule has 0 unspecified atom stereocenters. The molecule has 5 nitrogen and oxygen atoms in total. The van der Waals surface area contributed by atoms with Crippen LogP contribution in [0.4, 0.5) is 0 Å². The van der Waals surface area contributed by atoms with E-state index in [0.717, 1.165) is 42.3 Å². The van der Waals surface area contributed by atoms with Crippen molar-refractivity contribution >= 4 is 27.6 Å². The number of aliphatic imine (C=N–C) groups is 1. The number of aryl methyl sites for hydroxylation is 1. The van der Waals surface area contributed by atoms with Gasteiger partial charge in [0, 0.05) is 24.2 Å². The van der Waals surface area contributed by atoms with Crippen LogP contribution in [0.1, 0.15) is 24.5 Å². The van der Waals surface area contributed by atoms with Gasteiger partial charge in [-0.1, -0.05) is 30.3 Å². The van der Waals surface area contributed by atoms with Crippen molar-refractivity contribution in [3.63, 3.8) is 0 Å². The van der Waals surface area contributed by atoms with E-state index in [0.29, 0.717) is 11.4 Å².